The fourth-order valence-electron chi connectivity index (χ4n) is 1.13. The lowest BCUT2D eigenvalue weighted by molar-refractivity contribution is 0.0792. The Bertz CT molecular complexity index is 331. The minimum absolute atomic E-state index is 0.0864. The van der Waals surface area contributed by atoms with Crippen LogP contribution >= 0.6 is 0 Å². The Hall–Kier alpha value is -0.903. The summed E-state index contributed by atoms with van der Waals surface area (Å²) in [4.78, 5) is 0. The van der Waals surface area contributed by atoms with Crippen molar-refractivity contribution >= 4 is 8.07 Å². The van der Waals surface area contributed by atoms with Gasteiger partial charge in [0.25, 0.3) is 5.55 Å². The van der Waals surface area contributed by atoms with Gasteiger partial charge in [0.15, 0.2) is 0 Å². The Morgan fingerprint density at radius 3 is 2.21 bits per heavy atom. The first-order valence-electron chi connectivity index (χ1n) is 4.42. The lowest BCUT2D eigenvalue weighted by Gasteiger charge is -2.28. The van der Waals surface area contributed by atoms with Crippen LogP contribution in [0.2, 0.25) is 19.6 Å². The van der Waals surface area contributed by atoms with Gasteiger partial charge < -0.3 is 5.11 Å². The molecule has 0 aliphatic rings. The average molecular weight is 216 g/mol. The van der Waals surface area contributed by atoms with Gasteiger partial charge in [0, 0.05) is 5.56 Å². The number of alkyl halides is 2. The van der Waals surface area contributed by atoms with Gasteiger partial charge in [0.2, 0.25) is 0 Å². The first kappa shape index (κ1) is 11.2. The molecule has 0 radical (unpaired) electrons. The van der Waals surface area contributed by atoms with E-state index in [2.05, 4.69) is 0 Å². The van der Waals surface area contributed by atoms with Crippen LogP contribution in [0, 0.1) is 0 Å². The third kappa shape index (κ3) is 1.95. The summed E-state index contributed by atoms with van der Waals surface area (Å²) in [5.74, 6) is -0.111. The zero-order chi connectivity index (χ0) is 11.0. The molecule has 1 aromatic rings. The lowest BCUT2D eigenvalue weighted by atomic mass is 10.2. The fraction of sp³-hybridized carbons (Fsp3) is 0.400. The first-order valence-corrected chi connectivity index (χ1v) is 7.92. The van der Waals surface area contributed by atoms with Gasteiger partial charge in [-0.2, -0.15) is 0 Å². The average Bonchev–Trinajstić information content (AvgIpc) is 2.02. The van der Waals surface area contributed by atoms with Gasteiger partial charge in [-0.15, -0.1) is 0 Å². The Balaban J connectivity index is 3.16. The molecule has 14 heavy (non-hydrogen) atoms. The second-order valence-electron chi connectivity index (χ2n) is 4.37. The number of halogens is 2. The van der Waals surface area contributed by atoms with Gasteiger partial charge in [-0.25, -0.2) is 8.78 Å². The van der Waals surface area contributed by atoms with E-state index in [1.165, 1.54) is 18.2 Å². The van der Waals surface area contributed by atoms with Crippen LogP contribution < -0.4 is 0 Å². The van der Waals surface area contributed by atoms with Crippen LogP contribution in [0.1, 0.15) is 5.56 Å². The van der Waals surface area contributed by atoms with Crippen molar-refractivity contribution in [2.45, 2.75) is 25.2 Å². The highest BCUT2D eigenvalue weighted by atomic mass is 28.3. The Labute approximate surface area is 83.4 Å². The third-order valence-corrected chi connectivity index (χ3v) is 4.32. The van der Waals surface area contributed by atoms with Crippen molar-refractivity contribution in [3.05, 3.63) is 29.8 Å². The quantitative estimate of drug-likeness (QED) is 0.751. The molecule has 78 valence electrons. The van der Waals surface area contributed by atoms with Gasteiger partial charge in [-0.05, 0) is 12.1 Å². The summed E-state index contributed by atoms with van der Waals surface area (Å²) < 4.78 is 27.6. The topological polar surface area (TPSA) is 20.2 Å². The molecule has 0 saturated carbocycles. The molecular formula is C10H14F2OSi. The molecule has 0 spiro atoms. The highest BCUT2D eigenvalue weighted by Gasteiger charge is 2.46. The minimum atomic E-state index is -2.80. The van der Waals surface area contributed by atoms with E-state index in [0.717, 1.165) is 6.07 Å². The monoisotopic (exact) mass is 216 g/mol. The van der Waals surface area contributed by atoms with E-state index in [4.69, 9.17) is 5.11 Å². The summed E-state index contributed by atoms with van der Waals surface area (Å²) in [7, 11) is -2.59. The SMILES string of the molecule is C[Si](C)(C)C(F)(F)c1cccc(O)c1. The number of hydrogen-bond donors (Lipinski definition) is 1. The van der Waals surface area contributed by atoms with Crippen molar-refractivity contribution in [3.8, 4) is 5.75 Å². The molecule has 0 unspecified atom stereocenters. The van der Waals surface area contributed by atoms with E-state index < -0.39 is 13.6 Å². The number of hydrogen-bond acceptors (Lipinski definition) is 1. The number of rotatable bonds is 2. The molecule has 0 aliphatic carbocycles. The van der Waals surface area contributed by atoms with Crippen LogP contribution in [0.5, 0.6) is 5.75 Å². The summed E-state index contributed by atoms with van der Waals surface area (Å²) in [5.41, 5.74) is -2.89. The van der Waals surface area contributed by atoms with Crippen LogP contribution in [0.25, 0.3) is 0 Å². The largest absolute Gasteiger partial charge is 0.508 e. The fourth-order valence-corrected chi connectivity index (χ4v) is 2.16. The molecule has 0 amide bonds. The normalized spacial score (nSPS) is 12.9. The zero-order valence-corrected chi connectivity index (χ0v) is 9.51. The van der Waals surface area contributed by atoms with E-state index in [-0.39, 0.29) is 11.3 Å². The highest BCUT2D eigenvalue weighted by molar-refractivity contribution is 6.78. The molecule has 0 aliphatic heterocycles. The molecule has 0 fully saturated rings. The molecule has 0 saturated heterocycles. The number of aromatic hydroxyl groups is 1. The van der Waals surface area contributed by atoms with Crippen LogP contribution in [0.15, 0.2) is 24.3 Å². The summed E-state index contributed by atoms with van der Waals surface area (Å²) >= 11 is 0. The highest BCUT2D eigenvalue weighted by Crippen LogP contribution is 2.38. The number of phenolic OH excluding ortho intramolecular Hbond substituents is 1. The Kier molecular flexibility index (Phi) is 2.67. The van der Waals surface area contributed by atoms with Crippen molar-refractivity contribution in [2.75, 3.05) is 0 Å². The summed E-state index contributed by atoms with van der Waals surface area (Å²) in [6, 6.07) is 5.33. The molecule has 0 atom stereocenters. The van der Waals surface area contributed by atoms with Gasteiger partial charge in [-0.1, -0.05) is 31.8 Å². The predicted octanol–water partition coefficient (Wildman–Crippen LogP) is 3.36. The van der Waals surface area contributed by atoms with Crippen molar-refractivity contribution in [1.82, 2.24) is 0 Å². The minimum Gasteiger partial charge on any atom is -0.508 e. The molecule has 1 rings (SSSR count). The van der Waals surface area contributed by atoms with Crippen molar-refractivity contribution < 1.29 is 13.9 Å². The second-order valence-corrected chi connectivity index (χ2v) is 9.50. The van der Waals surface area contributed by atoms with E-state index >= 15 is 0 Å². The molecule has 1 N–H and O–H groups in total. The maximum Gasteiger partial charge on any atom is 0.253 e. The van der Waals surface area contributed by atoms with E-state index in [1.807, 2.05) is 0 Å². The van der Waals surface area contributed by atoms with Crippen LogP contribution in [-0.4, -0.2) is 13.2 Å². The molecule has 0 bridgehead atoms. The number of phenols is 1. The molecule has 0 aromatic heterocycles. The van der Waals surface area contributed by atoms with E-state index in [9.17, 15) is 8.78 Å². The molecule has 1 nitrogen and oxygen atoms in total. The summed E-state index contributed by atoms with van der Waals surface area (Å²) in [6.45, 7) is 4.82. The summed E-state index contributed by atoms with van der Waals surface area (Å²) in [5, 5.41) is 9.12. The van der Waals surface area contributed by atoms with Crippen LogP contribution in [-0.2, 0) is 5.55 Å². The van der Waals surface area contributed by atoms with Gasteiger partial charge >= 0.3 is 0 Å². The van der Waals surface area contributed by atoms with Crippen LogP contribution in [0.4, 0.5) is 8.78 Å². The zero-order valence-electron chi connectivity index (χ0n) is 8.51. The molecular weight excluding hydrogens is 202 g/mol. The standard InChI is InChI=1S/C10H14F2OSi/c1-14(2,3)10(11,12)8-5-4-6-9(13)7-8/h4-7,13H,1-3H3. The first-order chi connectivity index (χ1) is 6.25. The van der Waals surface area contributed by atoms with Gasteiger partial charge in [0.1, 0.15) is 13.8 Å². The smallest absolute Gasteiger partial charge is 0.253 e. The van der Waals surface area contributed by atoms with E-state index in [0.29, 0.717) is 0 Å². The number of benzene rings is 1. The van der Waals surface area contributed by atoms with Crippen LogP contribution in [0.3, 0.4) is 0 Å². The van der Waals surface area contributed by atoms with Crippen molar-refractivity contribution in [1.29, 1.82) is 0 Å². The van der Waals surface area contributed by atoms with Gasteiger partial charge in [-0.3, -0.25) is 0 Å². The lowest BCUT2D eigenvalue weighted by Crippen LogP contribution is -2.42. The van der Waals surface area contributed by atoms with E-state index in [1.54, 1.807) is 19.6 Å². The maximum absolute atomic E-state index is 13.8. The predicted molar refractivity (Wildman–Crippen MR) is 55.3 cm³/mol. The van der Waals surface area contributed by atoms with Gasteiger partial charge in [0.05, 0.1) is 0 Å². The summed E-state index contributed by atoms with van der Waals surface area (Å²) in [6.07, 6.45) is 0. The van der Waals surface area contributed by atoms with Crippen molar-refractivity contribution in [3.63, 3.8) is 0 Å². The Morgan fingerprint density at radius 2 is 1.79 bits per heavy atom. The third-order valence-electron chi connectivity index (χ3n) is 2.15. The maximum atomic E-state index is 13.8. The van der Waals surface area contributed by atoms with Crippen molar-refractivity contribution in [2.24, 2.45) is 0 Å². The Morgan fingerprint density at radius 1 is 1.21 bits per heavy atom. The molecule has 0 heterocycles. The molecule has 1 aromatic carbocycles. The second kappa shape index (κ2) is 3.35. The molecule has 4 heteroatoms.